The van der Waals surface area contributed by atoms with Crippen LogP contribution >= 0.6 is 0 Å². The molecule has 3 heteroatoms. The molecule has 0 amide bonds. The van der Waals surface area contributed by atoms with E-state index in [-0.39, 0.29) is 5.75 Å². The Balaban J connectivity index is 2.70. The zero-order chi connectivity index (χ0) is 8.10. The van der Waals surface area contributed by atoms with Gasteiger partial charge in [-0.25, -0.2) is 4.79 Å². The lowest BCUT2D eigenvalue weighted by Gasteiger charge is -1.99. The molecular formula is C8H10O3. The summed E-state index contributed by atoms with van der Waals surface area (Å²) >= 11 is 0. The molecule has 0 unspecified atom stereocenters. The lowest BCUT2D eigenvalue weighted by atomic mass is 10.5. The second kappa shape index (κ2) is 3.81. The SMILES string of the molecule is CCCOc1cccoc1=O. The summed E-state index contributed by atoms with van der Waals surface area (Å²) in [6.07, 6.45) is 2.22. The van der Waals surface area contributed by atoms with E-state index in [4.69, 9.17) is 4.74 Å². The summed E-state index contributed by atoms with van der Waals surface area (Å²) in [7, 11) is 0. The Morgan fingerprint density at radius 2 is 2.45 bits per heavy atom. The minimum Gasteiger partial charge on any atom is -0.487 e. The van der Waals surface area contributed by atoms with E-state index in [0.29, 0.717) is 6.61 Å². The Morgan fingerprint density at radius 3 is 3.09 bits per heavy atom. The van der Waals surface area contributed by atoms with Crippen LogP contribution in [0.15, 0.2) is 27.6 Å². The third-order valence-electron chi connectivity index (χ3n) is 1.16. The van der Waals surface area contributed by atoms with Crippen LogP contribution in [0.3, 0.4) is 0 Å². The molecule has 0 aliphatic rings. The van der Waals surface area contributed by atoms with Crippen LogP contribution in [0.2, 0.25) is 0 Å². The summed E-state index contributed by atoms with van der Waals surface area (Å²) in [6.45, 7) is 2.53. The minimum absolute atomic E-state index is 0.286. The molecule has 0 saturated heterocycles. The van der Waals surface area contributed by atoms with E-state index >= 15 is 0 Å². The maximum Gasteiger partial charge on any atom is 0.378 e. The summed E-state index contributed by atoms with van der Waals surface area (Å²) in [5.41, 5.74) is -0.416. The standard InChI is InChI=1S/C8H10O3/c1-2-5-10-7-4-3-6-11-8(7)9/h3-4,6H,2,5H2,1H3. The van der Waals surface area contributed by atoms with Crippen LogP contribution in [0.4, 0.5) is 0 Å². The fourth-order valence-corrected chi connectivity index (χ4v) is 0.673. The molecular weight excluding hydrogens is 144 g/mol. The van der Waals surface area contributed by atoms with Crippen molar-refractivity contribution in [3.8, 4) is 5.75 Å². The average Bonchev–Trinajstić information content (AvgIpc) is 2.03. The van der Waals surface area contributed by atoms with Gasteiger partial charge in [-0.15, -0.1) is 0 Å². The Kier molecular flexibility index (Phi) is 2.72. The van der Waals surface area contributed by atoms with Gasteiger partial charge in [-0.1, -0.05) is 6.92 Å². The van der Waals surface area contributed by atoms with Crippen molar-refractivity contribution >= 4 is 0 Å². The number of ether oxygens (including phenoxy) is 1. The first-order valence-electron chi connectivity index (χ1n) is 3.55. The molecule has 0 aliphatic heterocycles. The first-order chi connectivity index (χ1) is 5.34. The highest BCUT2D eigenvalue weighted by atomic mass is 16.5. The molecule has 0 saturated carbocycles. The maximum absolute atomic E-state index is 10.8. The van der Waals surface area contributed by atoms with Gasteiger partial charge in [0.25, 0.3) is 0 Å². The number of hydrogen-bond donors (Lipinski definition) is 0. The Labute approximate surface area is 64.6 Å². The quantitative estimate of drug-likeness (QED) is 0.661. The van der Waals surface area contributed by atoms with Crippen molar-refractivity contribution in [1.82, 2.24) is 0 Å². The van der Waals surface area contributed by atoms with Gasteiger partial charge in [0.1, 0.15) is 0 Å². The zero-order valence-corrected chi connectivity index (χ0v) is 6.37. The molecule has 0 aromatic carbocycles. The monoisotopic (exact) mass is 154 g/mol. The van der Waals surface area contributed by atoms with Crippen molar-refractivity contribution in [2.75, 3.05) is 6.61 Å². The lowest BCUT2D eigenvalue weighted by molar-refractivity contribution is 0.298. The molecule has 3 nitrogen and oxygen atoms in total. The third-order valence-corrected chi connectivity index (χ3v) is 1.16. The highest BCUT2D eigenvalue weighted by Crippen LogP contribution is 2.00. The van der Waals surface area contributed by atoms with E-state index in [1.54, 1.807) is 12.1 Å². The van der Waals surface area contributed by atoms with Crippen molar-refractivity contribution in [2.45, 2.75) is 13.3 Å². The second-order valence-electron chi connectivity index (χ2n) is 2.11. The van der Waals surface area contributed by atoms with Crippen LogP contribution in [0.25, 0.3) is 0 Å². The van der Waals surface area contributed by atoms with Crippen molar-refractivity contribution < 1.29 is 9.15 Å². The summed E-state index contributed by atoms with van der Waals surface area (Å²) in [5.74, 6) is 0.286. The highest BCUT2D eigenvalue weighted by molar-refractivity contribution is 5.13. The molecule has 1 aromatic heterocycles. The van der Waals surface area contributed by atoms with Gasteiger partial charge >= 0.3 is 5.63 Å². The van der Waals surface area contributed by atoms with Crippen molar-refractivity contribution in [1.29, 1.82) is 0 Å². The summed E-state index contributed by atoms with van der Waals surface area (Å²) < 4.78 is 9.65. The normalized spacial score (nSPS) is 9.55. The molecule has 11 heavy (non-hydrogen) atoms. The van der Waals surface area contributed by atoms with E-state index < -0.39 is 5.63 Å². The molecule has 0 bridgehead atoms. The molecule has 1 rings (SSSR count). The number of rotatable bonds is 3. The minimum atomic E-state index is -0.416. The van der Waals surface area contributed by atoms with Crippen molar-refractivity contribution in [2.24, 2.45) is 0 Å². The molecule has 0 N–H and O–H groups in total. The van der Waals surface area contributed by atoms with Gasteiger partial charge < -0.3 is 9.15 Å². The zero-order valence-electron chi connectivity index (χ0n) is 6.37. The summed E-state index contributed by atoms with van der Waals surface area (Å²) in [4.78, 5) is 10.8. The lowest BCUT2D eigenvalue weighted by Crippen LogP contribution is -2.06. The van der Waals surface area contributed by atoms with Gasteiger partial charge in [0.2, 0.25) is 5.75 Å². The van der Waals surface area contributed by atoms with Crippen molar-refractivity contribution in [3.63, 3.8) is 0 Å². The fourth-order valence-electron chi connectivity index (χ4n) is 0.673. The predicted molar refractivity (Wildman–Crippen MR) is 40.8 cm³/mol. The van der Waals surface area contributed by atoms with Gasteiger partial charge in [-0.2, -0.15) is 0 Å². The molecule has 1 heterocycles. The molecule has 0 spiro atoms. The molecule has 0 fully saturated rings. The predicted octanol–water partition coefficient (Wildman–Crippen LogP) is 1.43. The first-order valence-corrected chi connectivity index (χ1v) is 3.55. The summed E-state index contributed by atoms with van der Waals surface area (Å²) in [6, 6.07) is 3.23. The second-order valence-corrected chi connectivity index (χ2v) is 2.11. The van der Waals surface area contributed by atoms with Gasteiger partial charge in [-0.3, -0.25) is 0 Å². The van der Waals surface area contributed by atoms with Crippen LogP contribution < -0.4 is 10.4 Å². The Bertz CT molecular complexity index is 264. The highest BCUT2D eigenvalue weighted by Gasteiger charge is 1.97. The molecule has 0 aliphatic carbocycles. The van der Waals surface area contributed by atoms with Gasteiger partial charge in [-0.05, 0) is 18.6 Å². The Morgan fingerprint density at radius 1 is 1.64 bits per heavy atom. The molecule has 0 radical (unpaired) electrons. The van der Waals surface area contributed by atoms with Crippen molar-refractivity contribution in [3.05, 3.63) is 28.8 Å². The van der Waals surface area contributed by atoms with Crippen LogP contribution in [-0.2, 0) is 0 Å². The van der Waals surface area contributed by atoms with E-state index in [9.17, 15) is 4.79 Å². The topological polar surface area (TPSA) is 39.4 Å². The summed E-state index contributed by atoms with van der Waals surface area (Å²) in [5, 5.41) is 0. The smallest absolute Gasteiger partial charge is 0.378 e. The first kappa shape index (κ1) is 7.85. The van der Waals surface area contributed by atoms with Gasteiger partial charge in [0.15, 0.2) is 0 Å². The number of hydrogen-bond acceptors (Lipinski definition) is 3. The van der Waals surface area contributed by atoms with Crippen LogP contribution in [0.1, 0.15) is 13.3 Å². The molecule has 0 atom stereocenters. The van der Waals surface area contributed by atoms with Crippen LogP contribution in [0, 0.1) is 0 Å². The van der Waals surface area contributed by atoms with E-state index in [1.165, 1.54) is 6.26 Å². The van der Waals surface area contributed by atoms with Crippen LogP contribution in [-0.4, -0.2) is 6.61 Å². The maximum atomic E-state index is 10.8. The fraction of sp³-hybridized carbons (Fsp3) is 0.375. The van der Waals surface area contributed by atoms with Gasteiger partial charge in [0, 0.05) is 0 Å². The van der Waals surface area contributed by atoms with E-state index in [0.717, 1.165) is 6.42 Å². The largest absolute Gasteiger partial charge is 0.487 e. The van der Waals surface area contributed by atoms with Crippen LogP contribution in [0.5, 0.6) is 5.75 Å². The average molecular weight is 154 g/mol. The van der Waals surface area contributed by atoms with Gasteiger partial charge in [0.05, 0.1) is 12.9 Å². The molecule has 60 valence electrons. The third kappa shape index (κ3) is 2.11. The Hall–Kier alpha value is -1.25. The molecule has 1 aromatic rings. The van der Waals surface area contributed by atoms with E-state index in [2.05, 4.69) is 4.42 Å². The van der Waals surface area contributed by atoms with E-state index in [1.807, 2.05) is 6.92 Å².